The second-order valence-electron chi connectivity index (χ2n) is 9.34. The molecular formula is C27H31ClN4O2. The second kappa shape index (κ2) is 9.90. The normalized spacial score (nSPS) is 18.1. The van der Waals surface area contributed by atoms with Gasteiger partial charge in [-0.05, 0) is 60.7 Å². The minimum atomic E-state index is -0.494. The first-order chi connectivity index (χ1) is 16.6. The van der Waals surface area contributed by atoms with Gasteiger partial charge in [0.1, 0.15) is 0 Å². The summed E-state index contributed by atoms with van der Waals surface area (Å²) in [4.78, 5) is 17.7. The van der Waals surface area contributed by atoms with E-state index >= 15 is 0 Å². The Morgan fingerprint density at radius 1 is 1.15 bits per heavy atom. The summed E-state index contributed by atoms with van der Waals surface area (Å²) in [5, 5.41) is 4.99. The van der Waals surface area contributed by atoms with E-state index in [0.717, 1.165) is 51.1 Å². The molecule has 0 radical (unpaired) electrons. The third-order valence-corrected chi connectivity index (χ3v) is 7.48. The van der Waals surface area contributed by atoms with Crippen molar-refractivity contribution in [3.05, 3.63) is 88.7 Å². The Labute approximate surface area is 206 Å². The molecule has 1 spiro atoms. The molecule has 2 aliphatic rings. The smallest absolute Gasteiger partial charge is 0.251 e. The maximum Gasteiger partial charge on any atom is 0.251 e. The molecular weight excluding hydrogens is 448 g/mol. The van der Waals surface area contributed by atoms with E-state index in [1.165, 1.54) is 11.1 Å². The van der Waals surface area contributed by atoms with Crippen molar-refractivity contribution in [2.75, 3.05) is 33.2 Å². The number of piperidine rings is 1. The molecule has 0 N–H and O–H groups in total. The minimum Gasteiger partial charge on any atom is -0.365 e. The fourth-order valence-corrected chi connectivity index (χ4v) is 5.40. The lowest BCUT2D eigenvalue weighted by Crippen LogP contribution is -2.43. The maximum absolute atomic E-state index is 13.4. The molecule has 34 heavy (non-hydrogen) atoms. The minimum absolute atomic E-state index is 0.0274. The summed E-state index contributed by atoms with van der Waals surface area (Å²) in [5.41, 5.74) is 3.49. The van der Waals surface area contributed by atoms with Crippen molar-refractivity contribution in [2.45, 2.75) is 37.5 Å². The lowest BCUT2D eigenvalue weighted by atomic mass is 9.84. The van der Waals surface area contributed by atoms with Crippen molar-refractivity contribution in [3.8, 4) is 0 Å². The number of carbonyl (C=O) groups is 1. The summed E-state index contributed by atoms with van der Waals surface area (Å²) in [5.74, 6) is 0.0274. The molecule has 3 heterocycles. The molecule has 0 bridgehead atoms. The first kappa shape index (κ1) is 23.1. The van der Waals surface area contributed by atoms with Crippen molar-refractivity contribution in [1.82, 2.24) is 19.6 Å². The number of hydrogen-bond donors (Lipinski definition) is 0. The maximum atomic E-state index is 13.4. The highest BCUT2D eigenvalue weighted by Gasteiger charge is 2.42. The van der Waals surface area contributed by atoms with Gasteiger partial charge in [-0.25, -0.2) is 0 Å². The molecule has 6 nitrogen and oxygen atoms in total. The van der Waals surface area contributed by atoms with Gasteiger partial charge in [-0.3, -0.25) is 9.48 Å². The largest absolute Gasteiger partial charge is 0.365 e. The lowest BCUT2D eigenvalue weighted by Gasteiger charge is -2.39. The lowest BCUT2D eigenvalue weighted by molar-refractivity contribution is -0.132. The molecule has 0 aliphatic carbocycles. The van der Waals surface area contributed by atoms with E-state index in [4.69, 9.17) is 16.3 Å². The number of ether oxygens (including phenoxy) is 1. The summed E-state index contributed by atoms with van der Waals surface area (Å²) in [6, 6.07) is 17.4. The van der Waals surface area contributed by atoms with Crippen LogP contribution in [-0.2, 0) is 21.7 Å². The highest BCUT2D eigenvalue weighted by atomic mass is 35.5. The predicted octanol–water partition coefficient (Wildman–Crippen LogP) is 4.50. The van der Waals surface area contributed by atoms with Crippen LogP contribution in [-0.4, -0.2) is 58.7 Å². The SMILES string of the molecule is CN(CCCN1CCC2(CC1)OCc1ccccc12)C(=O)C(c1ccc(Cl)cc1)n1cccn1. The van der Waals surface area contributed by atoms with Crippen LogP contribution in [0.4, 0.5) is 0 Å². The summed E-state index contributed by atoms with van der Waals surface area (Å²) >= 11 is 6.06. The summed E-state index contributed by atoms with van der Waals surface area (Å²) < 4.78 is 8.00. The highest BCUT2D eigenvalue weighted by Crippen LogP contribution is 2.43. The zero-order valence-electron chi connectivity index (χ0n) is 19.6. The fourth-order valence-electron chi connectivity index (χ4n) is 5.27. The number of fused-ring (bicyclic) bond motifs is 2. The molecule has 1 amide bonds. The number of amides is 1. The van der Waals surface area contributed by atoms with Crippen LogP contribution in [0, 0.1) is 0 Å². The van der Waals surface area contributed by atoms with Crippen molar-refractivity contribution in [1.29, 1.82) is 0 Å². The molecule has 1 unspecified atom stereocenters. The van der Waals surface area contributed by atoms with E-state index < -0.39 is 6.04 Å². The molecule has 178 valence electrons. The first-order valence-electron chi connectivity index (χ1n) is 12.0. The van der Waals surface area contributed by atoms with Crippen LogP contribution in [0.15, 0.2) is 67.0 Å². The first-order valence-corrected chi connectivity index (χ1v) is 12.4. The number of hydrogen-bond acceptors (Lipinski definition) is 4. The molecule has 2 aromatic carbocycles. The van der Waals surface area contributed by atoms with Crippen LogP contribution in [0.3, 0.4) is 0 Å². The molecule has 1 fully saturated rings. The number of likely N-dealkylation sites (N-methyl/N-ethyl adjacent to an activating group) is 1. The summed E-state index contributed by atoms with van der Waals surface area (Å²) in [7, 11) is 1.88. The summed E-state index contributed by atoms with van der Waals surface area (Å²) in [6.45, 7) is 4.45. The van der Waals surface area contributed by atoms with Crippen LogP contribution in [0.5, 0.6) is 0 Å². The molecule has 7 heteroatoms. The van der Waals surface area contributed by atoms with E-state index in [1.54, 1.807) is 10.9 Å². The number of nitrogens with zero attached hydrogens (tertiary/aromatic N) is 4. The van der Waals surface area contributed by atoms with Crippen LogP contribution >= 0.6 is 11.6 Å². The fraction of sp³-hybridized carbons (Fsp3) is 0.407. The number of halogens is 1. The van der Waals surface area contributed by atoms with Gasteiger partial charge in [0, 0.05) is 44.1 Å². The van der Waals surface area contributed by atoms with Crippen molar-refractivity contribution in [2.24, 2.45) is 0 Å². The van der Waals surface area contributed by atoms with Gasteiger partial charge in [-0.15, -0.1) is 0 Å². The second-order valence-corrected chi connectivity index (χ2v) is 9.77. The number of rotatable bonds is 7. The van der Waals surface area contributed by atoms with Gasteiger partial charge in [-0.2, -0.15) is 5.10 Å². The average Bonchev–Trinajstić information content (AvgIpc) is 3.51. The quantitative estimate of drug-likeness (QED) is 0.502. The van der Waals surface area contributed by atoms with Gasteiger partial charge < -0.3 is 14.5 Å². The van der Waals surface area contributed by atoms with Gasteiger partial charge in [0.2, 0.25) is 0 Å². The Bertz CT molecular complexity index is 1110. The Morgan fingerprint density at radius 3 is 2.65 bits per heavy atom. The molecule has 2 aliphatic heterocycles. The topological polar surface area (TPSA) is 50.6 Å². The molecule has 5 rings (SSSR count). The van der Waals surface area contributed by atoms with Gasteiger partial charge in [0.05, 0.1) is 12.2 Å². The Balaban J connectivity index is 1.15. The third kappa shape index (κ3) is 4.63. The van der Waals surface area contributed by atoms with Crippen molar-refractivity contribution < 1.29 is 9.53 Å². The van der Waals surface area contributed by atoms with Crippen molar-refractivity contribution >= 4 is 17.5 Å². The van der Waals surface area contributed by atoms with E-state index in [1.807, 2.05) is 48.5 Å². The third-order valence-electron chi connectivity index (χ3n) is 7.23. The Morgan fingerprint density at radius 2 is 1.91 bits per heavy atom. The van der Waals surface area contributed by atoms with Crippen LogP contribution < -0.4 is 0 Å². The predicted molar refractivity (Wildman–Crippen MR) is 133 cm³/mol. The monoisotopic (exact) mass is 478 g/mol. The number of carbonyl (C=O) groups excluding carboxylic acids is 1. The molecule has 3 aromatic rings. The molecule has 1 aromatic heterocycles. The number of benzene rings is 2. The molecule has 1 saturated heterocycles. The highest BCUT2D eigenvalue weighted by molar-refractivity contribution is 6.30. The Kier molecular flexibility index (Phi) is 6.73. The number of likely N-dealkylation sites (tertiary alicyclic amines) is 1. The van der Waals surface area contributed by atoms with Crippen LogP contribution in [0.25, 0.3) is 0 Å². The molecule has 1 atom stereocenters. The zero-order chi connectivity index (χ0) is 23.5. The van der Waals surface area contributed by atoms with Gasteiger partial charge >= 0.3 is 0 Å². The van der Waals surface area contributed by atoms with E-state index in [2.05, 4.69) is 34.3 Å². The van der Waals surface area contributed by atoms with Gasteiger partial charge in [-0.1, -0.05) is 48.0 Å². The standard InChI is InChI=1S/C27H31ClN4O2/c1-30(26(33)25(32-17-4-14-29-32)21-8-10-23(28)11-9-21)15-5-16-31-18-12-27(13-19-31)24-7-3-2-6-22(24)20-34-27/h2-4,6-11,14,17,25H,5,12-13,15-16,18-20H2,1H3. The Hall–Kier alpha value is -2.67. The average molecular weight is 479 g/mol. The molecule has 0 saturated carbocycles. The van der Waals surface area contributed by atoms with Crippen LogP contribution in [0.2, 0.25) is 5.02 Å². The van der Waals surface area contributed by atoms with E-state index in [-0.39, 0.29) is 11.5 Å². The zero-order valence-corrected chi connectivity index (χ0v) is 20.3. The van der Waals surface area contributed by atoms with Crippen LogP contribution in [0.1, 0.15) is 42.0 Å². The van der Waals surface area contributed by atoms with Crippen molar-refractivity contribution in [3.63, 3.8) is 0 Å². The summed E-state index contributed by atoms with van der Waals surface area (Å²) in [6.07, 6.45) is 6.51. The van der Waals surface area contributed by atoms with E-state index in [0.29, 0.717) is 11.6 Å². The van der Waals surface area contributed by atoms with E-state index in [9.17, 15) is 4.79 Å². The van der Waals surface area contributed by atoms with Gasteiger partial charge in [0.25, 0.3) is 5.91 Å². The van der Waals surface area contributed by atoms with Gasteiger partial charge in [0.15, 0.2) is 6.04 Å². The number of aromatic nitrogens is 2.